The molecule has 0 rings (SSSR count). The zero-order valence-electron chi connectivity index (χ0n) is 7.17. The van der Waals surface area contributed by atoms with E-state index in [4.69, 9.17) is 0 Å². The minimum absolute atomic E-state index is 0.341. The molecule has 2 unspecified atom stereocenters. The van der Waals surface area contributed by atoms with Crippen LogP contribution in [0.5, 0.6) is 0 Å². The van der Waals surface area contributed by atoms with Crippen molar-refractivity contribution in [2.24, 2.45) is 16.8 Å². The molecule has 0 spiro atoms. The summed E-state index contributed by atoms with van der Waals surface area (Å²) in [6, 6.07) is 0.341. The van der Waals surface area contributed by atoms with E-state index in [0.717, 1.165) is 0 Å². The predicted molar refractivity (Wildman–Crippen MR) is 47.5 cm³/mol. The molecule has 0 aliphatic heterocycles. The van der Waals surface area contributed by atoms with Crippen LogP contribution < -0.4 is 0 Å². The van der Waals surface area contributed by atoms with E-state index in [1.54, 1.807) is 0 Å². The fraction of sp³-hybridized carbons (Fsp3) is 0.667. The average Bonchev–Trinajstić information content (AvgIpc) is 2.00. The van der Waals surface area contributed by atoms with Gasteiger partial charge in [0, 0.05) is 6.04 Å². The fourth-order valence-corrected chi connectivity index (χ4v) is 0.820. The van der Waals surface area contributed by atoms with Crippen molar-refractivity contribution in [2.75, 3.05) is 0 Å². The number of rotatable bonds is 4. The highest BCUT2D eigenvalue weighted by Crippen LogP contribution is 2.17. The molecule has 10 heavy (non-hydrogen) atoms. The van der Waals surface area contributed by atoms with Gasteiger partial charge >= 0.3 is 0 Å². The Hall–Kier alpha value is -0.590. The third kappa shape index (κ3) is 2.34. The van der Waals surface area contributed by atoms with Crippen molar-refractivity contribution in [2.45, 2.75) is 26.8 Å². The first-order chi connectivity index (χ1) is 4.63. The summed E-state index contributed by atoms with van der Waals surface area (Å²) in [6.45, 7) is 13.7. The number of hydrogen-bond acceptors (Lipinski definition) is 1. The highest BCUT2D eigenvalue weighted by molar-refractivity contribution is 5.24. The van der Waals surface area contributed by atoms with Crippen molar-refractivity contribution < 1.29 is 0 Å². The molecule has 0 amide bonds. The Labute approximate surface area is 63.9 Å². The molecule has 0 N–H and O–H groups in total. The maximum absolute atomic E-state index is 3.96. The van der Waals surface area contributed by atoms with Gasteiger partial charge in [0.25, 0.3) is 0 Å². The molecule has 1 heteroatoms. The molecule has 0 aliphatic carbocycles. The molecular formula is C9H17N. The molecule has 0 aliphatic rings. The molecule has 0 fully saturated rings. The minimum Gasteiger partial charge on any atom is -0.298 e. The lowest BCUT2D eigenvalue weighted by atomic mass is 9.90. The van der Waals surface area contributed by atoms with E-state index in [9.17, 15) is 0 Å². The van der Waals surface area contributed by atoms with Gasteiger partial charge in [-0.2, -0.15) is 0 Å². The molecule has 0 radical (unpaired) electrons. The number of nitrogens with zero attached hydrogens (tertiary/aromatic N) is 1. The van der Waals surface area contributed by atoms with Gasteiger partial charge in [0.15, 0.2) is 0 Å². The summed E-state index contributed by atoms with van der Waals surface area (Å²) in [5.41, 5.74) is 0. The second-order valence-electron chi connectivity index (χ2n) is 2.88. The summed E-state index contributed by atoms with van der Waals surface area (Å²) in [5, 5.41) is 0. The lowest BCUT2D eigenvalue weighted by Crippen LogP contribution is -2.17. The summed E-state index contributed by atoms with van der Waals surface area (Å²) >= 11 is 0. The third-order valence-electron chi connectivity index (χ3n) is 2.25. The van der Waals surface area contributed by atoms with Crippen molar-refractivity contribution in [1.82, 2.24) is 0 Å². The monoisotopic (exact) mass is 139 g/mol. The van der Waals surface area contributed by atoms with Crippen LogP contribution >= 0.6 is 0 Å². The zero-order chi connectivity index (χ0) is 8.15. The van der Waals surface area contributed by atoms with Crippen molar-refractivity contribution >= 4 is 6.72 Å². The van der Waals surface area contributed by atoms with Gasteiger partial charge in [-0.05, 0) is 25.5 Å². The number of allylic oxidation sites excluding steroid dienone is 1. The zero-order valence-corrected chi connectivity index (χ0v) is 7.17. The molecule has 0 bridgehead atoms. The summed E-state index contributed by atoms with van der Waals surface area (Å²) in [7, 11) is 0. The van der Waals surface area contributed by atoms with Gasteiger partial charge in [-0.1, -0.05) is 19.9 Å². The topological polar surface area (TPSA) is 12.4 Å². The largest absolute Gasteiger partial charge is 0.298 e. The first kappa shape index (κ1) is 9.41. The molecule has 3 atom stereocenters. The highest BCUT2D eigenvalue weighted by Gasteiger charge is 2.14. The van der Waals surface area contributed by atoms with Crippen LogP contribution in [0.15, 0.2) is 17.6 Å². The van der Waals surface area contributed by atoms with E-state index >= 15 is 0 Å². The van der Waals surface area contributed by atoms with E-state index in [1.807, 2.05) is 6.08 Å². The Morgan fingerprint density at radius 3 is 2.10 bits per heavy atom. The van der Waals surface area contributed by atoms with Gasteiger partial charge in [0.05, 0.1) is 0 Å². The summed E-state index contributed by atoms with van der Waals surface area (Å²) in [4.78, 5) is 3.96. The third-order valence-corrected chi connectivity index (χ3v) is 2.25. The van der Waals surface area contributed by atoms with E-state index in [0.29, 0.717) is 17.9 Å². The van der Waals surface area contributed by atoms with Crippen LogP contribution in [0.1, 0.15) is 20.8 Å². The Morgan fingerprint density at radius 1 is 1.30 bits per heavy atom. The minimum atomic E-state index is 0.341. The van der Waals surface area contributed by atoms with Crippen LogP contribution in [0.25, 0.3) is 0 Å². The molecular weight excluding hydrogens is 122 g/mol. The van der Waals surface area contributed by atoms with Crippen LogP contribution in [0, 0.1) is 11.8 Å². The SMILES string of the molecule is C=CC(C)C(C)[C@@H](C)N=C. The van der Waals surface area contributed by atoms with E-state index < -0.39 is 0 Å². The van der Waals surface area contributed by atoms with Crippen LogP contribution in [0.2, 0.25) is 0 Å². The van der Waals surface area contributed by atoms with Gasteiger partial charge in [-0.15, -0.1) is 6.58 Å². The quantitative estimate of drug-likeness (QED) is 0.419. The predicted octanol–water partition coefficient (Wildman–Crippen LogP) is 2.53. The van der Waals surface area contributed by atoms with E-state index in [2.05, 4.69) is 39.1 Å². The summed E-state index contributed by atoms with van der Waals surface area (Å²) in [5.74, 6) is 1.08. The van der Waals surface area contributed by atoms with Crippen LogP contribution in [0.3, 0.4) is 0 Å². The molecule has 0 aromatic carbocycles. The second kappa shape index (κ2) is 4.26. The normalized spacial score (nSPS) is 19.1. The Bertz CT molecular complexity index is 104. The standard InChI is InChI=1S/C9H17N/c1-6-7(2)8(3)9(4)10-5/h6-9H,1,5H2,2-4H3/t7?,8?,9-/m1/s1. The Kier molecular flexibility index (Phi) is 4.01. The molecule has 0 aromatic rings. The lowest BCUT2D eigenvalue weighted by molar-refractivity contribution is 0.397. The summed E-state index contributed by atoms with van der Waals surface area (Å²) in [6.07, 6.45) is 1.96. The van der Waals surface area contributed by atoms with Gasteiger partial charge in [0.2, 0.25) is 0 Å². The molecule has 0 saturated heterocycles. The summed E-state index contributed by atoms with van der Waals surface area (Å²) < 4.78 is 0. The molecule has 58 valence electrons. The first-order valence-electron chi connectivity index (χ1n) is 3.71. The highest BCUT2D eigenvalue weighted by atomic mass is 14.7. The first-order valence-corrected chi connectivity index (χ1v) is 3.71. The smallest absolute Gasteiger partial charge is 0.0495 e. The number of aliphatic imine (C=N–C) groups is 1. The van der Waals surface area contributed by atoms with Crippen LogP contribution in [0.4, 0.5) is 0 Å². The van der Waals surface area contributed by atoms with Crippen molar-refractivity contribution in [3.8, 4) is 0 Å². The molecule has 0 aromatic heterocycles. The van der Waals surface area contributed by atoms with Crippen LogP contribution in [-0.2, 0) is 0 Å². The Balaban J connectivity index is 3.91. The molecule has 1 nitrogen and oxygen atoms in total. The van der Waals surface area contributed by atoms with Crippen LogP contribution in [-0.4, -0.2) is 12.8 Å². The van der Waals surface area contributed by atoms with E-state index in [1.165, 1.54) is 0 Å². The average molecular weight is 139 g/mol. The van der Waals surface area contributed by atoms with Gasteiger partial charge < -0.3 is 0 Å². The van der Waals surface area contributed by atoms with Crippen molar-refractivity contribution in [1.29, 1.82) is 0 Å². The van der Waals surface area contributed by atoms with Gasteiger partial charge in [0.1, 0.15) is 0 Å². The second-order valence-corrected chi connectivity index (χ2v) is 2.88. The lowest BCUT2D eigenvalue weighted by Gasteiger charge is -2.19. The van der Waals surface area contributed by atoms with Gasteiger partial charge in [-0.25, -0.2) is 0 Å². The Morgan fingerprint density at radius 2 is 1.80 bits per heavy atom. The molecule has 0 heterocycles. The maximum Gasteiger partial charge on any atom is 0.0495 e. The van der Waals surface area contributed by atoms with E-state index in [-0.39, 0.29) is 0 Å². The van der Waals surface area contributed by atoms with Crippen molar-refractivity contribution in [3.63, 3.8) is 0 Å². The fourth-order valence-electron chi connectivity index (χ4n) is 0.820. The molecule has 0 saturated carbocycles. The number of hydrogen-bond donors (Lipinski definition) is 0. The maximum atomic E-state index is 3.96. The van der Waals surface area contributed by atoms with Crippen molar-refractivity contribution in [3.05, 3.63) is 12.7 Å². The van der Waals surface area contributed by atoms with Gasteiger partial charge in [-0.3, -0.25) is 4.99 Å².